The van der Waals surface area contributed by atoms with Crippen molar-refractivity contribution in [3.8, 4) is 5.75 Å². The van der Waals surface area contributed by atoms with Gasteiger partial charge in [-0.1, -0.05) is 13.0 Å². The van der Waals surface area contributed by atoms with Crippen LogP contribution in [0.15, 0.2) is 36.4 Å². The zero-order chi connectivity index (χ0) is 25.6. The van der Waals surface area contributed by atoms with Gasteiger partial charge in [0.2, 0.25) is 0 Å². The molecule has 192 valence electrons. The Labute approximate surface area is 206 Å². The maximum Gasteiger partial charge on any atom is 0.416 e. The predicted molar refractivity (Wildman–Crippen MR) is 132 cm³/mol. The molecule has 0 aromatic heterocycles. The van der Waals surface area contributed by atoms with Gasteiger partial charge < -0.3 is 15.0 Å². The summed E-state index contributed by atoms with van der Waals surface area (Å²) in [5.74, 6) is 0.677. The lowest BCUT2D eigenvalue weighted by Crippen LogP contribution is -2.49. The highest BCUT2D eigenvalue weighted by molar-refractivity contribution is 5.94. The lowest BCUT2D eigenvalue weighted by Gasteiger charge is -2.39. The lowest BCUT2D eigenvalue weighted by molar-refractivity contribution is -0.137. The van der Waals surface area contributed by atoms with E-state index in [1.165, 1.54) is 23.3 Å². The number of ether oxygens (including phenoxy) is 1. The van der Waals surface area contributed by atoms with Gasteiger partial charge in [-0.3, -0.25) is 9.69 Å². The van der Waals surface area contributed by atoms with Gasteiger partial charge in [-0.05, 0) is 80.8 Å². The average Bonchev–Trinajstić information content (AvgIpc) is 2.85. The van der Waals surface area contributed by atoms with Crippen LogP contribution in [0, 0.1) is 13.8 Å². The summed E-state index contributed by atoms with van der Waals surface area (Å²) in [4.78, 5) is 16.9. The van der Waals surface area contributed by atoms with Crippen molar-refractivity contribution in [2.45, 2.75) is 46.3 Å². The number of alkyl halides is 3. The van der Waals surface area contributed by atoms with Crippen LogP contribution in [0.4, 0.5) is 13.2 Å². The molecule has 0 saturated carbocycles. The molecule has 1 fully saturated rings. The molecule has 1 aliphatic rings. The van der Waals surface area contributed by atoms with Crippen molar-refractivity contribution < 1.29 is 22.7 Å². The molecule has 8 heteroatoms. The van der Waals surface area contributed by atoms with Crippen molar-refractivity contribution in [2.24, 2.45) is 0 Å². The number of carbonyl (C=O) groups is 1. The molecule has 3 rings (SSSR count). The van der Waals surface area contributed by atoms with Crippen molar-refractivity contribution in [3.05, 3.63) is 64.2 Å². The lowest BCUT2D eigenvalue weighted by atomic mass is 9.96. The molecule has 0 bridgehead atoms. The van der Waals surface area contributed by atoms with Gasteiger partial charge in [0.05, 0.1) is 5.56 Å². The Morgan fingerprint density at radius 3 is 2.26 bits per heavy atom. The summed E-state index contributed by atoms with van der Waals surface area (Å²) in [5.41, 5.74) is 3.12. The predicted octanol–water partition coefficient (Wildman–Crippen LogP) is 5.22. The van der Waals surface area contributed by atoms with Crippen LogP contribution in [0.2, 0.25) is 0 Å². The summed E-state index contributed by atoms with van der Waals surface area (Å²) < 4.78 is 44.4. The number of nitrogens with one attached hydrogen (secondary N) is 1. The summed E-state index contributed by atoms with van der Waals surface area (Å²) in [7, 11) is 0. The Balaban J connectivity index is 1.57. The van der Waals surface area contributed by atoms with Crippen molar-refractivity contribution in [1.82, 2.24) is 15.1 Å². The van der Waals surface area contributed by atoms with E-state index in [-0.39, 0.29) is 17.5 Å². The molecule has 1 saturated heterocycles. The van der Waals surface area contributed by atoms with Crippen molar-refractivity contribution in [2.75, 3.05) is 45.9 Å². The SMILES string of the molecule is CCCNCCOc1ccc(C(C)N2CCN(C(=O)c3ccc(C(F)(F)F)cc3)CC2)c(C)c1C. The molecule has 0 radical (unpaired) electrons. The number of hydrogen-bond donors (Lipinski definition) is 1. The topological polar surface area (TPSA) is 44.8 Å². The van der Waals surface area contributed by atoms with Gasteiger partial charge in [-0.15, -0.1) is 0 Å². The van der Waals surface area contributed by atoms with Crippen molar-refractivity contribution >= 4 is 5.91 Å². The van der Waals surface area contributed by atoms with Gasteiger partial charge in [0.1, 0.15) is 12.4 Å². The van der Waals surface area contributed by atoms with Crippen molar-refractivity contribution in [3.63, 3.8) is 0 Å². The third-order valence-electron chi connectivity index (χ3n) is 6.80. The number of benzene rings is 2. The van der Waals surface area contributed by atoms with Gasteiger partial charge in [-0.2, -0.15) is 13.2 Å². The van der Waals surface area contributed by atoms with E-state index < -0.39 is 11.7 Å². The molecular weight excluding hydrogens is 455 g/mol. The quantitative estimate of drug-likeness (QED) is 0.489. The minimum absolute atomic E-state index is 0.178. The van der Waals surface area contributed by atoms with Crippen LogP contribution in [0.25, 0.3) is 0 Å². The molecule has 1 heterocycles. The normalized spacial score (nSPS) is 15.8. The molecule has 1 unspecified atom stereocenters. The molecule has 1 aliphatic heterocycles. The van der Waals surface area contributed by atoms with E-state index in [0.29, 0.717) is 32.8 Å². The molecule has 0 spiro atoms. The molecule has 5 nitrogen and oxygen atoms in total. The van der Waals surface area contributed by atoms with Crippen LogP contribution in [0.5, 0.6) is 5.75 Å². The number of halogens is 3. The van der Waals surface area contributed by atoms with E-state index in [1.54, 1.807) is 4.90 Å². The maximum absolute atomic E-state index is 12.8. The number of nitrogens with zero attached hydrogens (tertiary/aromatic N) is 2. The van der Waals surface area contributed by atoms with Crippen LogP contribution in [-0.2, 0) is 6.18 Å². The fraction of sp³-hybridized carbons (Fsp3) is 0.519. The second kappa shape index (κ2) is 11.9. The maximum atomic E-state index is 12.8. The highest BCUT2D eigenvalue weighted by atomic mass is 19.4. The van der Waals surface area contributed by atoms with E-state index >= 15 is 0 Å². The highest BCUT2D eigenvalue weighted by Gasteiger charge is 2.31. The number of rotatable bonds is 9. The monoisotopic (exact) mass is 491 g/mol. The molecule has 1 atom stereocenters. The van der Waals surface area contributed by atoms with E-state index in [0.717, 1.165) is 43.0 Å². The third kappa shape index (κ3) is 6.76. The Morgan fingerprint density at radius 1 is 1.00 bits per heavy atom. The van der Waals surface area contributed by atoms with Gasteiger partial charge in [0, 0.05) is 44.3 Å². The number of carbonyl (C=O) groups excluding carboxylic acids is 1. The molecule has 2 aromatic rings. The van der Waals surface area contributed by atoms with Crippen molar-refractivity contribution in [1.29, 1.82) is 0 Å². The van der Waals surface area contributed by atoms with Gasteiger partial charge in [0.15, 0.2) is 0 Å². The molecular formula is C27H36F3N3O2. The Morgan fingerprint density at radius 2 is 1.66 bits per heavy atom. The van der Waals surface area contributed by atoms with Gasteiger partial charge >= 0.3 is 6.18 Å². The minimum Gasteiger partial charge on any atom is -0.492 e. The van der Waals surface area contributed by atoms with Gasteiger partial charge in [-0.25, -0.2) is 0 Å². The number of piperazine rings is 1. The summed E-state index contributed by atoms with van der Waals surface area (Å²) >= 11 is 0. The first-order valence-electron chi connectivity index (χ1n) is 12.3. The highest BCUT2D eigenvalue weighted by Crippen LogP contribution is 2.32. The summed E-state index contributed by atoms with van der Waals surface area (Å²) in [5, 5.41) is 3.34. The molecule has 1 N–H and O–H groups in total. The second-order valence-corrected chi connectivity index (χ2v) is 9.08. The first-order chi connectivity index (χ1) is 16.6. The smallest absolute Gasteiger partial charge is 0.416 e. The fourth-order valence-corrected chi connectivity index (χ4v) is 4.45. The van der Waals surface area contributed by atoms with Crippen LogP contribution in [0.3, 0.4) is 0 Å². The van der Waals surface area contributed by atoms with Crippen LogP contribution < -0.4 is 10.1 Å². The Kier molecular flexibility index (Phi) is 9.19. The molecule has 1 amide bonds. The first-order valence-corrected chi connectivity index (χ1v) is 12.3. The first kappa shape index (κ1) is 27.0. The zero-order valence-electron chi connectivity index (χ0n) is 21.0. The molecule has 0 aliphatic carbocycles. The average molecular weight is 492 g/mol. The van der Waals surface area contributed by atoms with E-state index in [9.17, 15) is 18.0 Å². The zero-order valence-corrected chi connectivity index (χ0v) is 21.0. The Bertz CT molecular complexity index is 984. The summed E-state index contributed by atoms with van der Waals surface area (Å²) in [6.45, 7) is 13.4. The summed E-state index contributed by atoms with van der Waals surface area (Å²) in [6, 6.07) is 8.79. The minimum atomic E-state index is -4.41. The Hall–Kier alpha value is -2.58. The van der Waals surface area contributed by atoms with E-state index in [2.05, 4.69) is 44.0 Å². The standard InChI is InChI=1S/C27H36F3N3O2/c1-5-12-31-13-18-35-25-11-10-24(19(2)20(25)3)21(4)32-14-16-33(17-15-32)26(34)22-6-8-23(9-7-22)27(28,29)30/h6-11,21,31H,5,12-18H2,1-4H3. The van der Waals surface area contributed by atoms with Crippen LogP contribution in [0.1, 0.15) is 58.9 Å². The number of amides is 1. The largest absolute Gasteiger partial charge is 0.492 e. The second-order valence-electron chi connectivity index (χ2n) is 9.08. The van der Waals surface area contributed by atoms with Crippen LogP contribution in [-0.4, -0.2) is 61.6 Å². The fourth-order valence-electron chi connectivity index (χ4n) is 4.45. The van der Waals surface area contributed by atoms with Crippen LogP contribution >= 0.6 is 0 Å². The molecule has 35 heavy (non-hydrogen) atoms. The van der Waals surface area contributed by atoms with Gasteiger partial charge in [0.25, 0.3) is 5.91 Å². The number of hydrogen-bond acceptors (Lipinski definition) is 4. The third-order valence-corrected chi connectivity index (χ3v) is 6.80. The summed E-state index contributed by atoms with van der Waals surface area (Å²) in [6.07, 6.45) is -3.31. The molecule has 2 aromatic carbocycles. The van der Waals surface area contributed by atoms with E-state index in [1.807, 2.05) is 6.07 Å². The van der Waals surface area contributed by atoms with E-state index in [4.69, 9.17) is 4.74 Å².